The highest BCUT2D eigenvalue weighted by molar-refractivity contribution is 5.68. The molecule has 0 aromatic rings. The molecule has 0 amide bonds. The Bertz CT molecular complexity index is 155. The Kier molecular flexibility index (Phi) is 4.17. The molecule has 0 heterocycles. The van der Waals surface area contributed by atoms with Crippen molar-refractivity contribution in [2.45, 2.75) is 26.7 Å². The van der Waals surface area contributed by atoms with Crippen molar-refractivity contribution in [3.8, 4) is 0 Å². The average Bonchev–Trinajstić information content (AvgIpc) is 1.82. The first-order valence-corrected chi connectivity index (χ1v) is 3.37. The van der Waals surface area contributed by atoms with E-state index < -0.39 is 11.1 Å². The van der Waals surface area contributed by atoms with Crippen LogP contribution in [0, 0.1) is 16.0 Å². The van der Waals surface area contributed by atoms with Crippen molar-refractivity contribution in [3.05, 3.63) is 10.1 Å². The Hall–Kier alpha value is -1.13. The van der Waals surface area contributed by atoms with E-state index in [0.29, 0.717) is 12.3 Å². The molecule has 0 unspecified atom stereocenters. The topological polar surface area (TPSA) is 69.4 Å². The van der Waals surface area contributed by atoms with Crippen LogP contribution in [0.5, 0.6) is 0 Å². The number of rotatable bonds is 4. The summed E-state index contributed by atoms with van der Waals surface area (Å²) >= 11 is 0. The van der Waals surface area contributed by atoms with Gasteiger partial charge in [0.1, 0.15) is 0 Å². The van der Waals surface area contributed by atoms with E-state index in [0.717, 1.165) is 0 Å². The Balaban J connectivity index is 3.46. The smallest absolute Gasteiger partial charge is 0.268 e. The van der Waals surface area contributed by atoms with Crippen LogP contribution in [0.25, 0.3) is 0 Å². The largest absolute Gasteiger partial charge is 0.303 e. The van der Waals surface area contributed by atoms with E-state index in [-0.39, 0.29) is 6.42 Å². The third-order valence-corrected chi connectivity index (χ3v) is 1.10. The van der Waals surface area contributed by atoms with E-state index >= 15 is 0 Å². The van der Waals surface area contributed by atoms with Gasteiger partial charge in [0.05, 0.1) is 0 Å². The van der Waals surface area contributed by atoms with Crippen molar-refractivity contribution in [1.82, 2.24) is 0 Å². The highest BCUT2D eigenvalue weighted by atomic mass is 17.0. The van der Waals surface area contributed by atoms with Crippen molar-refractivity contribution in [1.29, 1.82) is 0 Å². The fourth-order valence-electron chi connectivity index (χ4n) is 0.535. The monoisotopic (exact) mass is 161 g/mol. The molecule has 0 N–H and O–H groups in total. The molecule has 0 spiro atoms. The maximum atomic E-state index is 10.5. The normalized spacial score (nSPS) is 9.73. The first-order chi connectivity index (χ1) is 5.02. The first-order valence-electron chi connectivity index (χ1n) is 3.37. The van der Waals surface area contributed by atoms with Gasteiger partial charge in [0.25, 0.3) is 0 Å². The predicted octanol–water partition coefficient (Wildman–Crippen LogP) is 1.16. The van der Waals surface area contributed by atoms with Gasteiger partial charge < -0.3 is 0 Å². The summed E-state index contributed by atoms with van der Waals surface area (Å²) in [6, 6.07) is 0. The zero-order valence-corrected chi connectivity index (χ0v) is 6.57. The van der Waals surface area contributed by atoms with Gasteiger partial charge in [-0.3, -0.25) is 4.79 Å². The number of carbonyl (C=O) groups is 1. The fraction of sp³-hybridized carbons (Fsp3) is 0.833. The molecule has 0 saturated carbocycles. The van der Waals surface area contributed by atoms with Crippen LogP contribution in [-0.2, 0) is 9.63 Å². The average molecular weight is 161 g/mol. The standard InChI is InChI=1S/C6H11NO4/c1-5(2)3-4-6(8)11-7(9)10/h5H,3-4H2,1-2H3. The van der Waals surface area contributed by atoms with Crippen LogP contribution >= 0.6 is 0 Å². The van der Waals surface area contributed by atoms with Crippen LogP contribution in [-0.4, -0.2) is 11.1 Å². The van der Waals surface area contributed by atoms with Crippen LogP contribution in [0.4, 0.5) is 0 Å². The molecule has 5 heteroatoms. The highest BCUT2D eigenvalue weighted by Crippen LogP contribution is 2.03. The van der Waals surface area contributed by atoms with Gasteiger partial charge in [-0.2, -0.15) is 0 Å². The molecule has 0 saturated heterocycles. The highest BCUT2D eigenvalue weighted by Gasteiger charge is 2.07. The summed E-state index contributed by atoms with van der Waals surface area (Å²) in [5, 5.41) is 8.54. The molecule has 0 aliphatic rings. The molecule has 0 atom stereocenters. The number of nitrogens with zero attached hydrogens (tertiary/aromatic N) is 1. The third-order valence-electron chi connectivity index (χ3n) is 1.10. The van der Waals surface area contributed by atoms with Crippen LogP contribution < -0.4 is 0 Å². The molecule has 64 valence electrons. The molecule has 0 radical (unpaired) electrons. The minimum absolute atomic E-state index is 0.110. The minimum Gasteiger partial charge on any atom is -0.268 e. The fourth-order valence-corrected chi connectivity index (χ4v) is 0.535. The number of carbonyl (C=O) groups excluding carboxylic acids is 1. The summed E-state index contributed by atoms with van der Waals surface area (Å²) in [6.07, 6.45) is 0.727. The van der Waals surface area contributed by atoms with Gasteiger partial charge in [-0.05, 0) is 12.3 Å². The number of hydrogen-bond acceptors (Lipinski definition) is 4. The Morgan fingerprint density at radius 1 is 1.64 bits per heavy atom. The van der Waals surface area contributed by atoms with Gasteiger partial charge in [-0.15, -0.1) is 10.1 Å². The lowest BCUT2D eigenvalue weighted by molar-refractivity contribution is -0.729. The quantitative estimate of drug-likeness (QED) is 0.458. The third kappa shape index (κ3) is 6.76. The molecule has 0 aromatic carbocycles. The van der Waals surface area contributed by atoms with Crippen LogP contribution in [0.1, 0.15) is 26.7 Å². The molecular formula is C6H11NO4. The van der Waals surface area contributed by atoms with Gasteiger partial charge >= 0.3 is 11.1 Å². The summed E-state index contributed by atoms with van der Waals surface area (Å²) in [4.78, 5) is 23.8. The summed E-state index contributed by atoms with van der Waals surface area (Å²) in [5.41, 5.74) is 0. The van der Waals surface area contributed by atoms with Crippen molar-refractivity contribution < 1.29 is 14.7 Å². The van der Waals surface area contributed by atoms with Gasteiger partial charge in [0, 0.05) is 6.42 Å². The molecular weight excluding hydrogens is 150 g/mol. The summed E-state index contributed by atoms with van der Waals surface area (Å²) in [6.45, 7) is 3.86. The van der Waals surface area contributed by atoms with Gasteiger partial charge in [-0.1, -0.05) is 13.8 Å². The summed E-state index contributed by atoms with van der Waals surface area (Å²) in [5.74, 6) is -0.419. The molecule has 0 bridgehead atoms. The van der Waals surface area contributed by atoms with Crippen molar-refractivity contribution in [3.63, 3.8) is 0 Å². The molecule has 5 nitrogen and oxygen atoms in total. The lowest BCUT2D eigenvalue weighted by Crippen LogP contribution is -2.10. The van der Waals surface area contributed by atoms with Crippen molar-refractivity contribution in [2.24, 2.45) is 5.92 Å². The van der Waals surface area contributed by atoms with E-state index in [1.165, 1.54) is 0 Å². The van der Waals surface area contributed by atoms with E-state index in [1.807, 2.05) is 13.8 Å². The lowest BCUT2D eigenvalue weighted by atomic mass is 10.1. The molecule has 0 aliphatic carbocycles. The zero-order valence-electron chi connectivity index (χ0n) is 6.57. The van der Waals surface area contributed by atoms with E-state index in [2.05, 4.69) is 4.84 Å². The van der Waals surface area contributed by atoms with Gasteiger partial charge in [-0.25, -0.2) is 4.84 Å². The van der Waals surface area contributed by atoms with Crippen LogP contribution in [0.3, 0.4) is 0 Å². The summed E-state index contributed by atoms with van der Waals surface area (Å²) in [7, 11) is 0. The molecule has 0 aromatic heterocycles. The van der Waals surface area contributed by atoms with Crippen LogP contribution in [0.2, 0.25) is 0 Å². The Morgan fingerprint density at radius 3 is 2.55 bits per heavy atom. The van der Waals surface area contributed by atoms with Gasteiger partial charge in [0.2, 0.25) is 0 Å². The zero-order chi connectivity index (χ0) is 8.85. The van der Waals surface area contributed by atoms with E-state index in [4.69, 9.17) is 0 Å². The Labute approximate surface area is 64.4 Å². The predicted molar refractivity (Wildman–Crippen MR) is 37.2 cm³/mol. The number of hydrogen-bond donors (Lipinski definition) is 0. The minimum atomic E-state index is -1.08. The molecule has 0 rings (SSSR count). The maximum Gasteiger partial charge on any atom is 0.303 e. The van der Waals surface area contributed by atoms with Crippen LogP contribution in [0.15, 0.2) is 0 Å². The Morgan fingerprint density at radius 2 is 2.18 bits per heavy atom. The van der Waals surface area contributed by atoms with Gasteiger partial charge in [0.15, 0.2) is 0 Å². The second-order valence-corrected chi connectivity index (χ2v) is 2.62. The maximum absolute atomic E-state index is 10.5. The lowest BCUT2D eigenvalue weighted by Gasteiger charge is -2.00. The summed E-state index contributed by atoms with van der Waals surface area (Å²) < 4.78 is 0. The molecule has 0 fully saturated rings. The molecule has 0 aliphatic heterocycles. The SMILES string of the molecule is CC(C)CCC(=O)O[N+](=O)[O-]. The first kappa shape index (κ1) is 9.87. The second kappa shape index (κ2) is 4.65. The van der Waals surface area contributed by atoms with E-state index in [9.17, 15) is 14.9 Å². The van der Waals surface area contributed by atoms with Crippen molar-refractivity contribution in [2.75, 3.05) is 0 Å². The van der Waals surface area contributed by atoms with E-state index in [1.54, 1.807) is 0 Å². The van der Waals surface area contributed by atoms with Crippen molar-refractivity contribution >= 4 is 5.97 Å². The molecule has 11 heavy (non-hydrogen) atoms. The second-order valence-electron chi connectivity index (χ2n) is 2.62.